The van der Waals surface area contributed by atoms with Crippen LogP contribution in [0.4, 0.5) is 5.13 Å². The number of methoxy groups -OCH3 is 1. The summed E-state index contributed by atoms with van der Waals surface area (Å²) in [6, 6.07) is 14.3. The van der Waals surface area contributed by atoms with E-state index in [2.05, 4.69) is 4.98 Å². The molecule has 0 saturated carbocycles. The number of aryl methyl sites for hydroxylation is 1. The fourth-order valence-corrected chi connectivity index (χ4v) is 5.08. The highest BCUT2D eigenvalue weighted by molar-refractivity contribution is 7.22. The fourth-order valence-electron chi connectivity index (χ4n) is 3.81. The van der Waals surface area contributed by atoms with Gasteiger partial charge in [-0.25, -0.2) is 4.98 Å². The molecule has 9 heteroatoms. The molecule has 1 N–H and O–H groups in total. The van der Waals surface area contributed by atoms with Crippen LogP contribution in [-0.2, 0) is 9.59 Å². The molecule has 5 rings (SSSR count). The number of ether oxygens (including phenoxy) is 1. The van der Waals surface area contributed by atoms with E-state index >= 15 is 0 Å². The third-order valence-corrected chi connectivity index (χ3v) is 6.62. The topological polar surface area (TPSA) is 92.9 Å². The van der Waals surface area contributed by atoms with Crippen LogP contribution >= 0.6 is 22.9 Å². The number of aromatic nitrogens is 1. The summed E-state index contributed by atoms with van der Waals surface area (Å²) in [5.41, 5.74) is 0.903. The molecule has 1 amide bonds. The first kappa shape index (κ1) is 21.2. The average molecular weight is 481 g/mol. The Kier molecular flexibility index (Phi) is 5.19. The number of anilines is 1. The van der Waals surface area contributed by atoms with Crippen LogP contribution in [0.5, 0.6) is 5.75 Å². The van der Waals surface area contributed by atoms with E-state index in [4.69, 9.17) is 20.8 Å². The lowest BCUT2D eigenvalue weighted by Gasteiger charge is -2.20. The van der Waals surface area contributed by atoms with E-state index in [1.54, 1.807) is 61.5 Å². The van der Waals surface area contributed by atoms with Crippen molar-refractivity contribution in [1.82, 2.24) is 4.98 Å². The number of Topliss-reactive ketones (excluding diaryl/α,β-unsaturated/α-hetero) is 1. The molecule has 1 atom stereocenters. The van der Waals surface area contributed by atoms with Gasteiger partial charge >= 0.3 is 5.91 Å². The summed E-state index contributed by atoms with van der Waals surface area (Å²) in [6.45, 7) is 1.76. The number of carbonyl (C=O) groups excluding carboxylic acids is 2. The van der Waals surface area contributed by atoms with Crippen molar-refractivity contribution in [2.45, 2.75) is 13.0 Å². The molecule has 0 spiro atoms. The highest BCUT2D eigenvalue weighted by Crippen LogP contribution is 2.45. The standard InChI is InChI=1S/C24H17ClN2O5S/c1-12-6-9-17(32-12)20-19(21(28)13-4-3-5-15(10-13)31-2)22(29)23(30)27(20)24-26-16-8-7-14(25)11-18(16)33-24/h3-11,20,28H,1-2H3/b21-19+. The van der Waals surface area contributed by atoms with E-state index in [-0.39, 0.29) is 11.3 Å². The zero-order chi connectivity index (χ0) is 23.3. The number of aliphatic hydroxyl groups excluding tert-OH is 1. The lowest BCUT2D eigenvalue weighted by molar-refractivity contribution is -0.132. The minimum Gasteiger partial charge on any atom is -0.507 e. The summed E-state index contributed by atoms with van der Waals surface area (Å²) in [6.07, 6.45) is 0. The Morgan fingerprint density at radius 2 is 2.00 bits per heavy atom. The van der Waals surface area contributed by atoms with E-state index in [1.165, 1.54) is 23.3 Å². The number of furan rings is 1. The average Bonchev–Trinajstić information content (AvgIpc) is 3.49. The first-order chi connectivity index (χ1) is 15.9. The molecule has 1 fully saturated rings. The van der Waals surface area contributed by atoms with E-state index in [1.807, 2.05) is 0 Å². The number of aliphatic hydroxyl groups is 1. The molecule has 1 aliphatic rings. The molecule has 1 aliphatic heterocycles. The Bertz CT molecular complexity index is 1450. The van der Waals surface area contributed by atoms with Gasteiger partial charge in [0.2, 0.25) is 0 Å². The van der Waals surface area contributed by atoms with Crippen molar-refractivity contribution in [3.05, 3.63) is 82.3 Å². The number of rotatable bonds is 4. The minimum absolute atomic E-state index is 0.0834. The van der Waals surface area contributed by atoms with Crippen molar-refractivity contribution in [2.24, 2.45) is 0 Å². The molecule has 0 radical (unpaired) electrons. The number of halogens is 1. The summed E-state index contributed by atoms with van der Waals surface area (Å²) in [4.78, 5) is 32.2. The van der Waals surface area contributed by atoms with Gasteiger partial charge in [0.1, 0.15) is 29.1 Å². The van der Waals surface area contributed by atoms with Gasteiger partial charge in [-0.15, -0.1) is 0 Å². The Hall–Kier alpha value is -3.62. The van der Waals surface area contributed by atoms with Crippen LogP contribution in [0, 0.1) is 6.92 Å². The number of ketones is 1. The summed E-state index contributed by atoms with van der Waals surface area (Å²) in [7, 11) is 1.50. The van der Waals surface area contributed by atoms with E-state index in [0.29, 0.717) is 38.5 Å². The zero-order valence-corrected chi connectivity index (χ0v) is 19.1. The Morgan fingerprint density at radius 3 is 2.73 bits per heavy atom. The quantitative estimate of drug-likeness (QED) is 0.236. The number of carbonyl (C=O) groups is 2. The van der Waals surface area contributed by atoms with Gasteiger partial charge in [0.15, 0.2) is 5.13 Å². The number of fused-ring (bicyclic) bond motifs is 1. The molecule has 7 nitrogen and oxygen atoms in total. The first-order valence-electron chi connectivity index (χ1n) is 9.95. The van der Waals surface area contributed by atoms with Gasteiger partial charge in [0.05, 0.1) is 22.9 Å². The molecule has 1 unspecified atom stereocenters. The number of hydrogen-bond donors (Lipinski definition) is 1. The van der Waals surface area contributed by atoms with Crippen molar-refractivity contribution in [3.8, 4) is 5.75 Å². The van der Waals surface area contributed by atoms with Crippen molar-refractivity contribution >= 4 is 55.7 Å². The number of benzene rings is 2. The van der Waals surface area contributed by atoms with Gasteiger partial charge in [0, 0.05) is 10.6 Å². The van der Waals surface area contributed by atoms with E-state index < -0.39 is 17.7 Å². The predicted octanol–water partition coefficient (Wildman–Crippen LogP) is 5.49. The van der Waals surface area contributed by atoms with Crippen molar-refractivity contribution in [2.75, 3.05) is 12.0 Å². The molecule has 0 aliphatic carbocycles. The van der Waals surface area contributed by atoms with Crippen LogP contribution in [0.3, 0.4) is 0 Å². The maximum Gasteiger partial charge on any atom is 0.302 e. The molecule has 4 aromatic rings. The van der Waals surface area contributed by atoms with Gasteiger partial charge in [-0.3, -0.25) is 14.5 Å². The van der Waals surface area contributed by atoms with Crippen LogP contribution < -0.4 is 9.64 Å². The van der Waals surface area contributed by atoms with E-state index in [0.717, 1.165) is 4.70 Å². The molecular formula is C24H17ClN2O5S. The van der Waals surface area contributed by atoms with Crippen molar-refractivity contribution in [1.29, 1.82) is 0 Å². The molecule has 166 valence electrons. The normalized spacial score (nSPS) is 17.8. The van der Waals surface area contributed by atoms with Gasteiger partial charge in [-0.1, -0.05) is 35.1 Å². The predicted molar refractivity (Wildman–Crippen MR) is 126 cm³/mol. The maximum absolute atomic E-state index is 13.2. The molecule has 33 heavy (non-hydrogen) atoms. The van der Waals surface area contributed by atoms with Gasteiger partial charge in [-0.2, -0.15) is 0 Å². The summed E-state index contributed by atoms with van der Waals surface area (Å²) < 4.78 is 11.8. The zero-order valence-electron chi connectivity index (χ0n) is 17.5. The van der Waals surface area contributed by atoms with Crippen molar-refractivity contribution in [3.63, 3.8) is 0 Å². The second kappa shape index (κ2) is 8.06. The lowest BCUT2D eigenvalue weighted by atomic mass is 9.99. The van der Waals surface area contributed by atoms with Gasteiger partial charge in [0.25, 0.3) is 5.78 Å². The molecule has 2 aromatic heterocycles. The first-order valence-corrected chi connectivity index (χ1v) is 11.1. The second-order valence-electron chi connectivity index (χ2n) is 7.46. The molecular weight excluding hydrogens is 464 g/mol. The number of amides is 1. The highest BCUT2D eigenvalue weighted by atomic mass is 35.5. The Balaban J connectivity index is 1.72. The van der Waals surface area contributed by atoms with Crippen LogP contribution in [0.15, 0.2) is 64.6 Å². The van der Waals surface area contributed by atoms with Crippen LogP contribution in [0.2, 0.25) is 5.02 Å². The summed E-state index contributed by atoms with van der Waals surface area (Å²) >= 11 is 7.33. The largest absolute Gasteiger partial charge is 0.507 e. The summed E-state index contributed by atoms with van der Waals surface area (Å²) in [5, 5.41) is 12.0. The molecule has 2 aromatic carbocycles. The third kappa shape index (κ3) is 3.57. The Labute approximate surface area is 197 Å². The van der Waals surface area contributed by atoms with Gasteiger partial charge < -0.3 is 14.3 Å². The van der Waals surface area contributed by atoms with Crippen LogP contribution in [-0.4, -0.2) is 28.9 Å². The number of thiazole rings is 1. The molecule has 1 saturated heterocycles. The summed E-state index contributed by atoms with van der Waals surface area (Å²) in [5.74, 6) is -0.503. The molecule has 0 bridgehead atoms. The Morgan fingerprint density at radius 1 is 1.18 bits per heavy atom. The maximum atomic E-state index is 13.2. The fraction of sp³-hybridized carbons (Fsp3) is 0.125. The second-order valence-corrected chi connectivity index (χ2v) is 8.90. The number of hydrogen-bond acceptors (Lipinski definition) is 7. The lowest BCUT2D eigenvalue weighted by Crippen LogP contribution is -2.29. The van der Waals surface area contributed by atoms with Crippen molar-refractivity contribution < 1.29 is 23.8 Å². The third-order valence-electron chi connectivity index (χ3n) is 5.36. The SMILES string of the molecule is COc1cccc(/C(O)=C2\C(=O)C(=O)N(c3nc4ccc(Cl)cc4s3)C2c2ccc(C)o2)c1. The van der Waals surface area contributed by atoms with E-state index in [9.17, 15) is 14.7 Å². The monoisotopic (exact) mass is 480 g/mol. The molecule has 3 heterocycles. The smallest absolute Gasteiger partial charge is 0.302 e. The minimum atomic E-state index is -0.985. The number of nitrogens with zero attached hydrogens (tertiary/aromatic N) is 2. The van der Waals surface area contributed by atoms with Crippen LogP contribution in [0.25, 0.3) is 16.0 Å². The highest BCUT2D eigenvalue weighted by Gasteiger charge is 2.49. The van der Waals surface area contributed by atoms with Gasteiger partial charge in [-0.05, 0) is 49.4 Å². The van der Waals surface area contributed by atoms with Crippen LogP contribution in [0.1, 0.15) is 23.1 Å².